The van der Waals surface area contributed by atoms with Gasteiger partial charge in [-0.1, -0.05) is 11.6 Å². The van der Waals surface area contributed by atoms with E-state index in [9.17, 15) is 4.79 Å². The van der Waals surface area contributed by atoms with Crippen LogP contribution in [0.15, 0.2) is 12.1 Å². The van der Waals surface area contributed by atoms with Gasteiger partial charge in [0.25, 0.3) is 5.91 Å². The molecule has 15 heavy (non-hydrogen) atoms. The highest BCUT2D eigenvalue weighted by atomic mass is 35.5. The van der Waals surface area contributed by atoms with E-state index in [-0.39, 0.29) is 5.91 Å². The highest BCUT2D eigenvalue weighted by Crippen LogP contribution is 2.27. The van der Waals surface area contributed by atoms with Crippen molar-refractivity contribution in [2.45, 2.75) is 19.8 Å². The Balaban J connectivity index is 2.03. The number of nitrogens with zero attached hydrogens (tertiary/aromatic N) is 1. The molecule has 4 heteroatoms. The Kier molecular flexibility index (Phi) is 2.91. The molecule has 0 aliphatic heterocycles. The smallest absolute Gasteiger partial charge is 0.253 e. The lowest BCUT2D eigenvalue weighted by Crippen LogP contribution is -2.26. The third-order valence-corrected chi connectivity index (χ3v) is 2.76. The first-order chi connectivity index (χ1) is 7.16. The third-order valence-electron chi connectivity index (χ3n) is 2.54. The van der Waals surface area contributed by atoms with Crippen molar-refractivity contribution in [3.05, 3.63) is 28.5 Å². The number of amides is 1. The summed E-state index contributed by atoms with van der Waals surface area (Å²) in [6, 6.07) is 3.35. The predicted molar refractivity (Wildman–Crippen MR) is 59.0 cm³/mol. The Morgan fingerprint density at radius 1 is 1.60 bits per heavy atom. The van der Waals surface area contributed by atoms with Gasteiger partial charge in [-0.2, -0.15) is 0 Å². The van der Waals surface area contributed by atoms with Gasteiger partial charge in [0, 0.05) is 6.54 Å². The molecule has 3 nitrogen and oxygen atoms in total. The predicted octanol–water partition coefficient (Wildman–Crippen LogP) is 2.18. The lowest BCUT2D eigenvalue weighted by atomic mass is 10.2. The number of nitrogens with one attached hydrogen (secondary N) is 1. The van der Waals surface area contributed by atoms with E-state index >= 15 is 0 Å². The summed E-state index contributed by atoms with van der Waals surface area (Å²) in [5.41, 5.74) is 1.29. The van der Waals surface area contributed by atoms with E-state index in [1.54, 1.807) is 19.1 Å². The molecular formula is C11H13ClN2O. The van der Waals surface area contributed by atoms with Crippen LogP contribution in [0.3, 0.4) is 0 Å². The molecule has 80 valence electrons. The fourth-order valence-electron chi connectivity index (χ4n) is 1.42. The van der Waals surface area contributed by atoms with Crippen LogP contribution in [0.1, 0.15) is 28.9 Å². The SMILES string of the molecule is Cc1nc(Cl)ccc1C(=O)NCC1CC1. The zero-order valence-corrected chi connectivity index (χ0v) is 9.34. The molecule has 1 heterocycles. The van der Waals surface area contributed by atoms with Crippen LogP contribution in [0.25, 0.3) is 0 Å². The van der Waals surface area contributed by atoms with Crippen LogP contribution < -0.4 is 5.32 Å². The number of aromatic nitrogens is 1. The summed E-state index contributed by atoms with van der Waals surface area (Å²) in [4.78, 5) is 15.8. The molecule has 1 aliphatic carbocycles. The van der Waals surface area contributed by atoms with Crippen molar-refractivity contribution in [3.63, 3.8) is 0 Å². The topological polar surface area (TPSA) is 42.0 Å². The molecule has 0 aromatic carbocycles. The van der Waals surface area contributed by atoms with Crippen LogP contribution in [-0.2, 0) is 0 Å². The maximum atomic E-state index is 11.7. The van der Waals surface area contributed by atoms with Crippen LogP contribution >= 0.6 is 11.6 Å². The van der Waals surface area contributed by atoms with Gasteiger partial charge in [0.1, 0.15) is 5.15 Å². The first-order valence-corrected chi connectivity index (χ1v) is 5.46. The molecular weight excluding hydrogens is 212 g/mol. The van der Waals surface area contributed by atoms with Gasteiger partial charge in [0.15, 0.2) is 0 Å². The van der Waals surface area contributed by atoms with E-state index in [0.717, 1.165) is 6.54 Å². The number of hydrogen-bond acceptors (Lipinski definition) is 2. The van der Waals surface area contributed by atoms with Gasteiger partial charge in [-0.15, -0.1) is 0 Å². The normalized spacial score (nSPS) is 15.1. The maximum absolute atomic E-state index is 11.7. The standard InChI is InChI=1S/C11H13ClN2O/c1-7-9(4-5-10(12)14-7)11(15)13-6-8-2-3-8/h4-5,8H,2-3,6H2,1H3,(H,13,15). The molecule has 0 spiro atoms. The molecule has 0 saturated heterocycles. The molecule has 0 bridgehead atoms. The summed E-state index contributed by atoms with van der Waals surface area (Å²) >= 11 is 5.72. The number of pyridine rings is 1. The Hall–Kier alpha value is -1.09. The van der Waals surface area contributed by atoms with Gasteiger partial charge in [-0.05, 0) is 37.8 Å². The second-order valence-electron chi connectivity index (χ2n) is 3.92. The van der Waals surface area contributed by atoms with Gasteiger partial charge in [-0.25, -0.2) is 4.98 Å². The van der Waals surface area contributed by atoms with E-state index < -0.39 is 0 Å². The minimum absolute atomic E-state index is 0.0523. The maximum Gasteiger partial charge on any atom is 0.253 e. The largest absolute Gasteiger partial charge is 0.352 e. The monoisotopic (exact) mass is 224 g/mol. The Bertz CT molecular complexity index is 388. The van der Waals surface area contributed by atoms with Crippen molar-refractivity contribution < 1.29 is 4.79 Å². The van der Waals surface area contributed by atoms with Gasteiger partial charge in [0.2, 0.25) is 0 Å². The minimum Gasteiger partial charge on any atom is -0.352 e. The molecule has 1 amide bonds. The number of halogens is 1. The zero-order chi connectivity index (χ0) is 10.8. The quantitative estimate of drug-likeness (QED) is 0.800. The summed E-state index contributed by atoms with van der Waals surface area (Å²) in [6.07, 6.45) is 2.47. The first-order valence-electron chi connectivity index (χ1n) is 5.08. The number of rotatable bonds is 3. The van der Waals surface area contributed by atoms with Crippen molar-refractivity contribution in [2.75, 3.05) is 6.54 Å². The van der Waals surface area contributed by atoms with E-state index in [4.69, 9.17) is 11.6 Å². The Morgan fingerprint density at radius 3 is 2.93 bits per heavy atom. The minimum atomic E-state index is -0.0523. The fraction of sp³-hybridized carbons (Fsp3) is 0.455. The van der Waals surface area contributed by atoms with Crippen LogP contribution in [0.2, 0.25) is 5.15 Å². The van der Waals surface area contributed by atoms with Gasteiger partial charge >= 0.3 is 0 Å². The van der Waals surface area contributed by atoms with Crippen molar-refractivity contribution in [2.24, 2.45) is 5.92 Å². The fourth-order valence-corrected chi connectivity index (χ4v) is 1.61. The van der Waals surface area contributed by atoms with Crippen LogP contribution in [0, 0.1) is 12.8 Å². The average Bonchev–Trinajstić information content (AvgIpc) is 2.97. The number of hydrogen-bond donors (Lipinski definition) is 1. The number of carbonyl (C=O) groups excluding carboxylic acids is 1. The lowest BCUT2D eigenvalue weighted by Gasteiger charge is -2.06. The second kappa shape index (κ2) is 4.19. The molecule has 1 N–H and O–H groups in total. The van der Waals surface area contributed by atoms with E-state index in [1.165, 1.54) is 12.8 Å². The highest BCUT2D eigenvalue weighted by Gasteiger charge is 2.22. The van der Waals surface area contributed by atoms with Crippen LogP contribution in [-0.4, -0.2) is 17.4 Å². The lowest BCUT2D eigenvalue weighted by molar-refractivity contribution is 0.0951. The number of aryl methyl sites for hydroxylation is 1. The summed E-state index contributed by atoms with van der Waals surface area (Å²) in [5.74, 6) is 0.637. The molecule has 1 fully saturated rings. The molecule has 2 rings (SSSR count). The summed E-state index contributed by atoms with van der Waals surface area (Å²) in [7, 11) is 0. The average molecular weight is 225 g/mol. The third kappa shape index (κ3) is 2.69. The summed E-state index contributed by atoms with van der Waals surface area (Å²) in [5, 5.41) is 3.32. The van der Waals surface area contributed by atoms with Gasteiger partial charge in [0.05, 0.1) is 11.3 Å². The van der Waals surface area contributed by atoms with Crippen molar-refractivity contribution in [1.82, 2.24) is 10.3 Å². The first kappa shape index (κ1) is 10.4. The molecule has 1 saturated carbocycles. The molecule has 0 unspecified atom stereocenters. The van der Waals surface area contributed by atoms with Crippen molar-refractivity contribution >= 4 is 17.5 Å². The van der Waals surface area contributed by atoms with Gasteiger partial charge < -0.3 is 5.32 Å². The molecule has 0 atom stereocenters. The molecule has 1 aromatic heterocycles. The molecule has 1 aromatic rings. The highest BCUT2D eigenvalue weighted by molar-refractivity contribution is 6.29. The van der Waals surface area contributed by atoms with Crippen LogP contribution in [0.4, 0.5) is 0 Å². The van der Waals surface area contributed by atoms with Crippen molar-refractivity contribution in [3.8, 4) is 0 Å². The van der Waals surface area contributed by atoms with E-state index in [1.807, 2.05) is 0 Å². The van der Waals surface area contributed by atoms with E-state index in [0.29, 0.717) is 22.3 Å². The summed E-state index contributed by atoms with van der Waals surface area (Å²) < 4.78 is 0. The Labute approximate surface area is 93.8 Å². The molecule has 0 radical (unpaired) electrons. The van der Waals surface area contributed by atoms with Gasteiger partial charge in [-0.3, -0.25) is 4.79 Å². The zero-order valence-electron chi connectivity index (χ0n) is 8.59. The molecule has 1 aliphatic rings. The van der Waals surface area contributed by atoms with Crippen LogP contribution in [0.5, 0.6) is 0 Å². The van der Waals surface area contributed by atoms with E-state index in [2.05, 4.69) is 10.3 Å². The summed E-state index contributed by atoms with van der Waals surface area (Å²) in [6.45, 7) is 2.57. The van der Waals surface area contributed by atoms with Crippen molar-refractivity contribution in [1.29, 1.82) is 0 Å². The second-order valence-corrected chi connectivity index (χ2v) is 4.31. The number of carbonyl (C=O) groups is 1. The Morgan fingerprint density at radius 2 is 2.33 bits per heavy atom.